The molecule has 182 valence electrons. The molecule has 1 aromatic carbocycles. The van der Waals surface area contributed by atoms with E-state index in [2.05, 4.69) is 51.0 Å². The van der Waals surface area contributed by atoms with Gasteiger partial charge in [-0.1, -0.05) is 18.7 Å². The van der Waals surface area contributed by atoms with Crippen LogP contribution in [-0.4, -0.2) is 71.1 Å². The van der Waals surface area contributed by atoms with Crippen LogP contribution in [-0.2, 0) is 16.1 Å². The highest BCUT2D eigenvalue weighted by Crippen LogP contribution is 2.39. The van der Waals surface area contributed by atoms with E-state index in [9.17, 15) is 4.79 Å². The Morgan fingerprint density at radius 2 is 2.06 bits per heavy atom. The van der Waals surface area contributed by atoms with Gasteiger partial charge in [-0.25, -0.2) is 9.97 Å². The van der Waals surface area contributed by atoms with Crippen LogP contribution in [0, 0.1) is 0 Å². The molecule has 0 unspecified atom stereocenters. The lowest BCUT2D eigenvalue weighted by Gasteiger charge is -2.47. The van der Waals surface area contributed by atoms with E-state index in [1.165, 1.54) is 17.2 Å². The second-order valence-electron chi connectivity index (χ2n) is 9.68. The molecule has 8 nitrogen and oxygen atoms in total. The molecule has 6 rings (SSSR count). The fraction of sp³-hybridized carbons (Fsp3) is 0.444. The first kappa shape index (κ1) is 22.2. The number of likely N-dealkylation sites (tertiary alicyclic amines) is 2. The van der Waals surface area contributed by atoms with Crippen molar-refractivity contribution < 1.29 is 14.3 Å². The summed E-state index contributed by atoms with van der Waals surface area (Å²) in [5.41, 5.74) is 5.45. The van der Waals surface area contributed by atoms with Crippen molar-refractivity contribution in [2.75, 3.05) is 44.7 Å². The largest absolute Gasteiger partial charge is 0.486 e. The highest BCUT2D eigenvalue weighted by Gasteiger charge is 2.35. The molecular formula is C27H31N5O3. The average Bonchev–Trinajstić information content (AvgIpc) is 3.07. The van der Waals surface area contributed by atoms with Gasteiger partial charge in [0.25, 0.3) is 0 Å². The summed E-state index contributed by atoms with van der Waals surface area (Å²) in [6.07, 6.45) is 8.23. The Bertz CT molecular complexity index is 1170. The van der Waals surface area contributed by atoms with Crippen molar-refractivity contribution in [2.24, 2.45) is 0 Å². The lowest BCUT2D eigenvalue weighted by Crippen LogP contribution is -2.61. The van der Waals surface area contributed by atoms with Gasteiger partial charge in [-0.05, 0) is 67.6 Å². The molecule has 0 radical (unpaired) electrons. The number of nitrogens with zero attached hydrogens (tertiary/aromatic N) is 4. The Morgan fingerprint density at radius 3 is 2.83 bits per heavy atom. The molecule has 4 aliphatic heterocycles. The van der Waals surface area contributed by atoms with E-state index in [1.54, 1.807) is 6.33 Å². The van der Waals surface area contributed by atoms with E-state index in [1.807, 2.05) is 4.90 Å². The van der Waals surface area contributed by atoms with Crippen LogP contribution in [0.3, 0.4) is 0 Å². The van der Waals surface area contributed by atoms with Gasteiger partial charge in [0.15, 0.2) is 0 Å². The summed E-state index contributed by atoms with van der Waals surface area (Å²) in [6, 6.07) is 7.01. The van der Waals surface area contributed by atoms with Gasteiger partial charge < -0.3 is 19.7 Å². The molecule has 0 atom stereocenters. The van der Waals surface area contributed by atoms with Crippen molar-refractivity contribution in [1.82, 2.24) is 19.8 Å². The lowest BCUT2D eigenvalue weighted by molar-refractivity contribution is -0.133. The van der Waals surface area contributed by atoms with Crippen molar-refractivity contribution in [1.29, 1.82) is 0 Å². The standard InChI is InChI=1S/C27H31N5O3/c1-2-25(33)32-14-21(15-32)31-9-5-18(6-10-31)20-3-4-24-23(13-20)30-27-22(16-35-24)26(28-17-29-27)19-7-11-34-12-8-19/h2-4,7,13,17-18,21H,1,5-6,8-12,14-16H2,(H,28,29,30). The minimum absolute atomic E-state index is 0.0410. The number of aromatic nitrogens is 2. The SMILES string of the molecule is C=CC(=O)N1CC(N2CCC(c3ccc4c(c3)Nc3ncnc(C5=CCOCC5)c3CO4)CC2)C1. The maximum absolute atomic E-state index is 11.7. The molecule has 0 spiro atoms. The first-order valence-corrected chi connectivity index (χ1v) is 12.5. The van der Waals surface area contributed by atoms with Gasteiger partial charge in [0.05, 0.1) is 30.2 Å². The van der Waals surface area contributed by atoms with Gasteiger partial charge in [-0.15, -0.1) is 0 Å². The Balaban J connectivity index is 1.14. The first-order chi connectivity index (χ1) is 17.2. The second-order valence-corrected chi connectivity index (χ2v) is 9.68. The highest BCUT2D eigenvalue weighted by atomic mass is 16.5. The van der Waals surface area contributed by atoms with Crippen LogP contribution in [0.4, 0.5) is 11.5 Å². The van der Waals surface area contributed by atoms with Crippen molar-refractivity contribution in [3.63, 3.8) is 0 Å². The van der Waals surface area contributed by atoms with Crippen LogP contribution < -0.4 is 10.1 Å². The number of amides is 1. The molecule has 2 aromatic rings. The molecular weight excluding hydrogens is 442 g/mol. The Hall–Kier alpha value is -3.23. The number of anilines is 2. The van der Waals surface area contributed by atoms with Crippen LogP contribution >= 0.6 is 0 Å². The van der Waals surface area contributed by atoms with Crippen LogP contribution in [0.25, 0.3) is 5.57 Å². The third-order valence-corrected chi connectivity index (χ3v) is 7.71. The summed E-state index contributed by atoms with van der Waals surface area (Å²) in [4.78, 5) is 25.3. The fourth-order valence-corrected chi connectivity index (χ4v) is 5.57. The monoisotopic (exact) mass is 473 g/mol. The predicted molar refractivity (Wildman–Crippen MR) is 134 cm³/mol. The first-order valence-electron chi connectivity index (χ1n) is 12.5. The second kappa shape index (κ2) is 9.43. The number of hydrogen-bond donors (Lipinski definition) is 1. The van der Waals surface area contributed by atoms with Gasteiger partial charge >= 0.3 is 0 Å². The molecule has 2 fully saturated rings. The van der Waals surface area contributed by atoms with E-state index in [4.69, 9.17) is 9.47 Å². The maximum Gasteiger partial charge on any atom is 0.246 e. The van der Waals surface area contributed by atoms with E-state index in [-0.39, 0.29) is 5.91 Å². The minimum atomic E-state index is 0.0410. The highest BCUT2D eigenvalue weighted by molar-refractivity contribution is 5.87. The van der Waals surface area contributed by atoms with E-state index in [0.29, 0.717) is 31.8 Å². The van der Waals surface area contributed by atoms with Crippen molar-refractivity contribution in [3.05, 3.63) is 60.1 Å². The number of carbonyl (C=O) groups excluding carboxylic acids is 1. The smallest absolute Gasteiger partial charge is 0.246 e. The molecule has 1 N–H and O–H groups in total. The number of benzene rings is 1. The number of ether oxygens (including phenoxy) is 2. The van der Waals surface area contributed by atoms with E-state index in [0.717, 1.165) is 74.0 Å². The number of carbonyl (C=O) groups is 1. The van der Waals surface area contributed by atoms with Gasteiger partial charge in [-0.2, -0.15) is 0 Å². The molecule has 8 heteroatoms. The molecule has 1 amide bonds. The number of hydrogen-bond acceptors (Lipinski definition) is 7. The van der Waals surface area contributed by atoms with Crippen LogP contribution in [0.15, 0.2) is 43.3 Å². The zero-order valence-electron chi connectivity index (χ0n) is 19.9. The van der Waals surface area contributed by atoms with Crippen molar-refractivity contribution >= 4 is 23.0 Å². The normalized spacial score (nSPS) is 20.9. The van der Waals surface area contributed by atoms with Gasteiger partial charge in [0, 0.05) is 19.1 Å². The Kier molecular flexibility index (Phi) is 6.00. The van der Waals surface area contributed by atoms with Gasteiger partial charge in [0.1, 0.15) is 24.5 Å². The molecule has 0 saturated carbocycles. The Labute approximate surface area is 205 Å². The molecule has 0 aliphatic carbocycles. The van der Waals surface area contributed by atoms with Gasteiger partial charge in [-0.3, -0.25) is 9.69 Å². The van der Waals surface area contributed by atoms with Gasteiger partial charge in [0.2, 0.25) is 5.91 Å². The third kappa shape index (κ3) is 4.32. The summed E-state index contributed by atoms with van der Waals surface area (Å²) in [5, 5.41) is 3.54. The number of rotatable bonds is 4. The predicted octanol–water partition coefficient (Wildman–Crippen LogP) is 3.49. The minimum Gasteiger partial charge on any atom is -0.486 e. The topological polar surface area (TPSA) is 79.8 Å². The van der Waals surface area contributed by atoms with E-state index < -0.39 is 0 Å². The summed E-state index contributed by atoms with van der Waals surface area (Å²) >= 11 is 0. The molecule has 4 aliphatic rings. The summed E-state index contributed by atoms with van der Waals surface area (Å²) in [6.45, 7) is 9.13. The molecule has 1 aromatic heterocycles. The van der Waals surface area contributed by atoms with Crippen LogP contribution in [0.2, 0.25) is 0 Å². The summed E-state index contributed by atoms with van der Waals surface area (Å²) in [5.74, 6) is 2.22. The number of piperidine rings is 1. The molecule has 0 bridgehead atoms. The van der Waals surface area contributed by atoms with Crippen molar-refractivity contribution in [2.45, 2.75) is 37.8 Å². The summed E-state index contributed by atoms with van der Waals surface area (Å²) in [7, 11) is 0. The molecule has 2 saturated heterocycles. The van der Waals surface area contributed by atoms with Crippen LogP contribution in [0.5, 0.6) is 5.75 Å². The lowest BCUT2D eigenvalue weighted by atomic mass is 9.88. The van der Waals surface area contributed by atoms with E-state index >= 15 is 0 Å². The molecule has 5 heterocycles. The van der Waals surface area contributed by atoms with Crippen molar-refractivity contribution in [3.8, 4) is 5.75 Å². The fourth-order valence-electron chi connectivity index (χ4n) is 5.57. The third-order valence-electron chi connectivity index (χ3n) is 7.71. The Morgan fingerprint density at radius 1 is 1.20 bits per heavy atom. The molecule has 35 heavy (non-hydrogen) atoms. The van der Waals surface area contributed by atoms with Crippen LogP contribution in [0.1, 0.15) is 42.0 Å². The zero-order valence-corrected chi connectivity index (χ0v) is 19.9. The zero-order chi connectivity index (χ0) is 23.8. The quantitative estimate of drug-likeness (QED) is 0.681. The summed E-state index contributed by atoms with van der Waals surface area (Å²) < 4.78 is 11.7. The number of fused-ring (bicyclic) bond motifs is 2. The maximum atomic E-state index is 11.7. The number of nitrogens with one attached hydrogen (secondary N) is 1. The average molecular weight is 474 g/mol.